The highest BCUT2D eigenvalue weighted by atomic mass is 79.9. The van der Waals surface area contributed by atoms with Gasteiger partial charge in [0.2, 0.25) is 11.8 Å². The molecule has 5 N–H and O–H groups in total. The summed E-state index contributed by atoms with van der Waals surface area (Å²) >= 11 is 3.39. The smallest absolute Gasteiger partial charge is 0.248 e. The molecule has 0 aromatic heterocycles. The number of nitrogens with two attached hydrogens (primary N) is 1. The Morgan fingerprint density at radius 2 is 1.68 bits per heavy atom. The van der Waals surface area contributed by atoms with Gasteiger partial charge in [0.15, 0.2) is 0 Å². The van der Waals surface area contributed by atoms with Crippen molar-refractivity contribution in [3.63, 3.8) is 0 Å². The van der Waals surface area contributed by atoms with Gasteiger partial charge in [-0.25, -0.2) is 0 Å². The molecule has 0 radical (unpaired) electrons. The lowest BCUT2D eigenvalue weighted by molar-refractivity contribution is -0.126. The monoisotopic (exact) mass is 520 g/mol. The zero-order valence-corrected chi connectivity index (χ0v) is 19.9. The summed E-state index contributed by atoms with van der Waals surface area (Å²) in [5.41, 5.74) is 9.23. The highest BCUT2D eigenvalue weighted by molar-refractivity contribution is 9.10. The van der Waals surface area contributed by atoms with Gasteiger partial charge in [-0.3, -0.25) is 14.5 Å². The Morgan fingerprint density at radius 1 is 1.00 bits per heavy atom. The Kier molecular flexibility index (Phi) is 7.42. The first kappa shape index (κ1) is 23.7. The minimum Gasteiger partial charge on any atom is -0.397 e. The number of para-hydroxylation sites is 2. The van der Waals surface area contributed by atoms with Crippen molar-refractivity contribution >= 4 is 50.9 Å². The van der Waals surface area contributed by atoms with Gasteiger partial charge in [0, 0.05) is 29.3 Å². The summed E-state index contributed by atoms with van der Waals surface area (Å²) in [5, 5.41) is 15.5. The van der Waals surface area contributed by atoms with Crippen LogP contribution >= 0.6 is 15.9 Å². The lowest BCUT2D eigenvalue weighted by atomic mass is 9.98. The van der Waals surface area contributed by atoms with Gasteiger partial charge in [-0.05, 0) is 53.6 Å². The third kappa shape index (κ3) is 5.91. The Hall–Kier alpha value is -3.46. The fraction of sp³-hybridized carbons (Fsp3) is 0.154. The van der Waals surface area contributed by atoms with Gasteiger partial charge in [0.25, 0.3) is 0 Å². The normalized spacial score (nSPS) is 15.0. The molecule has 1 unspecified atom stereocenters. The molecule has 0 saturated carbocycles. The maximum Gasteiger partial charge on any atom is 0.248 e. The molecule has 1 fully saturated rings. The average molecular weight is 521 g/mol. The van der Waals surface area contributed by atoms with E-state index in [1.54, 1.807) is 30.3 Å². The molecule has 3 aromatic rings. The number of nitrogens with one attached hydrogen (secondary N) is 2. The molecule has 174 valence electrons. The van der Waals surface area contributed by atoms with Crippen LogP contribution in [0.25, 0.3) is 6.08 Å². The number of anilines is 3. The number of amides is 2. The maximum atomic E-state index is 13.1. The number of carbonyl (C=O) groups excluding carboxylic acids is 2. The zero-order valence-electron chi connectivity index (χ0n) is 18.3. The number of hydrogen-bond donors (Lipinski definition) is 4. The van der Waals surface area contributed by atoms with Gasteiger partial charge in [0.1, 0.15) is 6.04 Å². The van der Waals surface area contributed by atoms with Crippen LogP contribution in [-0.4, -0.2) is 41.0 Å². The van der Waals surface area contributed by atoms with Crippen LogP contribution in [0.15, 0.2) is 83.3 Å². The Bertz CT molecular complexity index is 1190. The van der Waals surface area contributed by atoms with Crippen LogP contribution in [0.4, 0.5) is 17.1 Å². The largest absolute Gasteiger partial charge is 0.397 e. The predicted octanol–water partition coefficient (Wildman–Crippen LogP) is 4.04. The second kappa shape index (κ2) is 10.6. The number of aliphatic hydroxyl groups excluding tert-OH is 1. The molecule has 7 nitrogen and oxygen atoms in total. The SMILES string of the molecule is Nc1ccccc1NC(=O)/C=C/c1ccc(C(C(=O)Nc2ccc(Br)cc2)N2CC(O)C2)cc1. The van der Waals surface area contributed by atoms with E-state index in [-0.39, 0.29) is 11.8 Å². The Balaban J connectivity index is 1.45. The van der Waals surface area contributed by atoms with Crippen LogP contribution in [-0.2, 0) is 9.59 Å². The second-order valence-electron chi connectivity index (χ2n) is 8.08. The number of β-amino-alcohol motifs (C(OH)–C–C–N with tert-alkyl or cyclic N) is 1. The van der Waals surface area contributed by atoms with Gasteiger partial charge < -0.3 is 21.5 Å². The maximum absolute atomic E-state index is 13.1. The van der Waals surface area contributed by atoms with Crippen LogP contribution in [0.5, 0.6) is 0 Å². The van der Waals surface area contributed by atoms with E-state index in [1.165, 1.54) is 6.08 Å². The number of likely N-dealkylation sites (tertiary alicyclic amines) is 1. The molecule has 8 heteroatoms. The molecule has 0 bridgehead atoms. The van der Waals surface area contributed by atoms with Crippen molar-refractivity contribution in [3.05, 3.63) is 94.5 Å². The molecule has 0 spiro atoms. The van der Waals surface area contributed by atoms with E-state index in [4.69, 9.17) is 5.73 Å². The first-order chi connectivity index (χ1) is 16.4. The van der Waals surface area contributed by atoms with Crippen molar-refractivity contribution in [2.24, 2.45) is 0 Å². The minimum atomic E-state index is -0.533. The summed E-state index contributed by atoms with van der Waals surface area (Å²) in [6, 6.07) is 21.3. The predicted molar refractivity (Wildman–Crippen MR) is 138 cm³/mol. The van der Waals surface area contributed by atoms with Crippen LogP contribution < -0.4 is 16.4 Å². The van der Waals surface area contributed by atoms with Crippen molar-refractivity contribution in [1.82, 2.24) is 4.90 Å². The van der Waals surface area contributed by atoms with Crippen molar-refractivity contribution in [1.29, 1.82) is 0 Å². The molecule has 0 aliphatic carbocycles. The van der Waals surface area contributed by atoms with E-state index >= 15 is 0 Å². The van der Waals surface area contributed by atoms with Crippen molar-refractivity contribution in [3.8, 4) is 0 Å². The number of rotatable bonds is 7. The van der Waals surface area contributed by atoms with Gasteiger partial charge in [-0.15, -0.1) is 0 Å². The van der Waals surface area contributed by atoms with Crippen molar-refractivity contribution < 1.29 is 14.7 Å². The summed E-state index contributed by atoms with van der Waals surface area (Å²) in [6.07, 6.45) is 2.70. The van der Waals surface area contributed by atoms with Crippen molar-refractivity contribution in [2.45, 2.75) is 12.1 Å². The van der Waals surface area contributed by atoms with E-state index in [9.17, 15) is 14.7 Å². The molecule has 1 heterocycles. The summed E-state index contributed by atoms with van der Waals surface area (Å²) < 4.78 is 0.928. The molecule has 1 aliphatic heterocycles. The molecule has 1 atom stereocenters. The highest BCUT2D eigenvalue weighted by Crippen LogP contribution is 2.28. The van der Waals surface area contributed by atoms with Gasteiger partial charge in [-0.1, -0.05) is 52.3 Å². The van der Waals surface area contributed by atoms with Crippen LogP contribution in [0.1, 0.15) is 17.2 Å². The van der Waals surface area contributed by atoms with Gasteiger partial charge >= 0.3 is 0 Å². The molecule has 1 saturated heterocycles. The third-order valence-corrected chi connectivity index (χ3v) is 6.04. The van der Waals surface area contributed by atoms with E-state index in [0.717, 1.165) is 15.6 Å². The fourth-order valence-corrected chi connectivity index (χ4v) is 3.98. The zero-order chi connectivity index (χ0) is 24.1. The summed E-state index contributed by atoms with van der Waals surface area (Å²) in [7, 11) is 0. The van der Waals surface area contributed by atoms with E-state index < -0.39 is 12.1 Å². The van der Waals surface area contributed by atoms with E-state index in [0.29, 0.717) is 30.2 Å². The molecular formula is C26H25BrN4O3. The fourth-order valence-electron chi connectivity index (χ4n) is 3.72. The van der Waals surface area contributed by atoms with E-state index in [2.05, 4.69) is 26.6 Å². The third-order valence-electron chi connectivity index (χ3n) is 5.51. The molecule has 3 aromatic carbocycles. The summed E-state index contributed by atoms with van der Waals surface area (Å²) in [6.45, 7) is 0.867. The lowest BCUT2D eigenvalue weighted by Gasteiger charge is -2.41. The van der Waals surface area contributed by atoms with E-state index in [1.807, 2.05) is 53.4 Å². The Morgan fingerprint density at radius 3 is 2.32 bits per heavy atom. The van der Waals surface area contributed by atoms with Gasteiger partial charge in [0.05, 0.1) is 17.5 Å². The number of nitrogen functional groups attached to an aromatic ring is 1. The topological polar surface area (TPSA) is 108 Å². The molecular weight excluding hydrogens is 496 g/mol. The number of aliphatic hydroxyl groups is 1. The second-order valence-corrected chi connectivity index (χ2v) is 9.00. The van der Waals surface area contributed by atoms with Crippen LogP contribution in [0.3, 0.4) is 0 Å². The first-order valence-electron chi connectivity index (χ1n) is 10.8. The van der Waals surface area contributed by atoms with Gasteiger partial charge in [-0.2, -0.15) is 0 Å². The number of hydrogen-bond acceptors (Lipinski definition) is 5. The Labute approximate surface area is 206 Å². The molecule has 2 amide bonds. The van der Waals surface area contributed by atoms with Crippen LogP contribution in [0.2, 0.25) is 0 Å². The van der Waals surface area contributed by atoms with Crippen molar-refractivity contribution in [2.75, 3.05) is 29.5 Å². The molecule has 1 aliphatic rings. The number of carbonyl (C=O) groups is 2. The minimum absolute atomic E-state index is 0.169. The summed E-state index contributed by atoms with van der Waals surface area (Å²) in [5.74, 6) is -0.458. The standard InChI is InChI=1S/C26H25BrN4O3/c27-19-10-12-20(13-11-19)29-26(34)25(31-15-21(32)16-31)18-8-5-17(6-9-18)7-14-24(33)30-23-4-2-1-3-22(23)28/h1-14,21,25,32H,15-16,28H2,(H,29,34)(H,30,33)/b14-7+. The quantitative estimate of drug-likeness (QED) is 0.277. The number of benzene rings is 3. The first-order valence-corrected chi connectivity index (χ1v) is 11.6. The number of halogens is 1. The molecule has 34 heavy (non-hydrogen) atoms. The van der Waals surface area contributed by atoms with Crippen LogP contribution in [0, 0.1) is 0 Å². The molecule has 4 rings (SSSR count). The highest BCUT2D eigenvalue weighted by Gasteiger charge is 2.36. The summed E-state index contributed by atoms with van der Waals surface area (Å²) in [4.78, 5) is 27.3. The number of nitrogens with zero attached hydrogens (tertiary/aromatic N) is 1. The lowest BCUT2D eigenvalue weighted by Crippen LogP contribution is -2.54. The average Bonchev–Trinajstić information content (AvgIpc) is 2.80.